The van der Waals surface area contributed by atoms with Gasteiger partial charge in [-0.2, -0.15) is 4.98 Å². The van der Waals surface area contributed by atoms with Crippen LogP contribution in [0.3, 0.4) is 0 Å². The monoisotopic (exact) mass is 655 g/mol. The number of aromatic nitrogens is 4. The van der Waals surface area contributed by atoms with E-state index in [9.17, 15) is 35.4 Å². The van der Waals surface area contributed by atoms with Crippen molar-refractivity contribution < 1.29 is 73.1 Å². The molecule has 0 radical (unpaired) electrons. The first-order chi connectivity index (χ1) is 20.9. The van der Waals surface area contributed by atoms with Crippen LogP contribution < -0.4 is 11.3 Å². The molecule has 21 nitrogen and oxygen atoms in total. The van der Waals surface area contributed by atoms with Gasteiger partial charge in [0.2, 0.25) is 5.95 Å². The van der Waals surface area contributed by atoms with Crippen molar-refractivity contribution in [1.82, 2.24) is 19.5 Å². The molecular weight excluding hydrogens is 622 g/mol. The number of nitrogens with zero attached hydrogens (tertiary/aromatic N) is 3. The Balaban J connectivity index is 1.37. The van der Waals surface area contributed by atoms with Crippen LogP contribution in [0.4, 0.5) is 5.95 Å². The molecule has 22 heteroatoms. The van der Waals surface area contributed by atoms with E-state index in [1.54, 1.807) is 0 Å². The van der Waals surface area contributed by atoms with Crippen LogP contribution in [0.2, 0.25) is 0 Å². The Morgan fingerprint density at radius 2 is 1.59 bits per heavy atom. The molecule has 3 aliphatic rings. The predicted octanol–water partition coefficient (Wildman–Crippen LogP) is -3.97. The van der Waals surface area contributed by atoms with Gasteiger partial charge in [-0.1, -0.05) is 5.04 Å². The van der Waals surface area contributed by atoms with Crippen molar-refractivity contribution in [3.8, 4) is 0 Å². The number of nitrogen functional groups attached to an aromatic ring is 1. The summed E-state index contributed by atoms with van der Waals surface area (Å²) in [4.78, 5) is 22.6. The molecule has 0 aromatic carbocycles. The van der Waals surface area contributed by atoms with Crippen LogP contribution in [-0.4, -0.2) is 142 Å². The van der Waals surface area contributed by atoms with Crippen molar-refractivity contribution in [3.63, 3.8) is 0 Å². The third-order valence-corrected chi connectivity index (χ3v) is 7.89. The topological polar surface area (TPSA) is 305 Å². The Hall–Kier alpha value is -2.10. The summed E-state index contributed by atoms with van der Waals surface area (Å²) in [5.74, 6) is -0.220. The average Bonchev–Trinajstić information content (AvgIpc) is 3.54. The van der Waals surface area contributed by atoms with Gasteiger partial charge in [-0.25, -0.2) is 10.2 Å². The Kier molecular flexibility index (Phi) is 10.4. The molecule has 2 aromatic heterocycles. The number of aliphatic hydroxyl groups excluding tert-OH is 6. The maximum atomic E-state index is 12.3. The summed E-state index contributed by atoms with van der Waals surface area (Å²) in [6, 6.07) is 0. The zero-order valence-corrected chi connectivity index (χ0v) is 23.8. The second-order valence-electron chi connectivity index (χ2n) is 10.4. The summed E-state index contributed by atoms with van der Waals surface area (Å²) in [5.41, 5.74) is 4.93. The van der Waals surface area contributed by atoms with Gasteiger partial charge in [0.25, 0.3) is 5.56 Å². The number of aliphatic hydroxyl groups is 6. The molecule has 44 heavy (non-hydrogen) atoms. The number of hydrogen-bond acceptors (Lipinski definition) is 20. The largest absolute Gasteiger partial charge is 0.388 e. The fourth-order valence-corrected chi connectivity index (χ4v) is 5.47. The number of imidazole rings is 1. The molecule has 14 atom stereocenters. The minimum atomic E-state index is -1.77. The van der Waals surface area contributed by atoms with Crippen molar-refractivity contribution in [2.75, 3.05) is 12.3 Å². The molecule has 3 saturated heterocycles. The molecular formula is C22H33N5O16S. The highest BCUT2D eigenvalue weighted by Crippen LogP contribution is 2.37. The maximum absolute atomic E-state index is 12.3. The van der Waals surface area contributed by atoms with Gasteiger partial charge in [0.05, 0.1) is 25.1 Å². The number of anilines is 1. The van der Waals surface area contributed by atoms with Crippen LogP contribution in [0, 0.1) is 0 Å². The van der Waals surface area contributed by atoms with E-state index in [1.807, 2.05) is 0 Å². The van der Waals surface area contributed by atoms with E-state index in [4.69, 9.17) is 38.9 Å². The molecule has 3 fully saturated rings. The smallest absolute Gasteiger partial charge is 0.280 e. The number of ether oxygens (including phenoxy) is 5. The van der Waals surface area contributed by atoms with Crippen LogP contribution in [0.15, 0.2) is 11.1 Å². The van der Waals surface area contributed by atoms with Gasteiger partial charge in [-0.15, -0.1) is 4.33 Å². The van der Waals surface area contributed by atoms with Crippen molar-refractivity contribution >= 4 is 29.4 Å². The van der Waals surface area contributed by atoms with E-state index in [0.29, 0.717) is 0 Å². The summed E-state index contributed by atoms with van der Waals surface area (Å²) in [6.07, 6.45) is -18.8. The molecule has 0 amide bonds. The Morgan fingerprint density at radius 1 is 0.932 bits per heavy atom. The molecule has 5 unspecified atom stereocenters. The Labute approximate surface area is 251 Å². The van der Waals surface area contributed by atoms with E-state index >= 15 is 0 Å². The maximum Gasteiger partial charge on any atom is 0.280 e. The molecule has 0 saturated carbocycles. The molecule has 5 heterocycles. The van der Waals surface area contributed by atoms with Crippen molar-refractivity contribution in [1.29, 1.82) is 0 Å². The quantitative estimate of drug-likeness (QED) is 0.0510. The van der Waals surface area contributed by atoms with Crippen LogP contribution in [-0.2, 0) is 37.2 Å². The normalized spacial score (nSPS) is 41.4. The van der Waals surface area contributed by atoms with Crippen LogP contribution in [0.5, 0.6) is 0 Å². The van der Waals surface area contributed by atoms with Gasteiger partial charge in [0, 0.05) is 0 Å². The molecule has 10 N–H and O–H groups in total. The minimum absolute atomic E-state index is 0.0197. The zero-order chi connectivity index (χ0) is 31.9. The third kappa shape index (κ3) is 6.43. The summed E-state index contributed by atoms with van der Waals surface area (Å²) < 4.78 is 39.3. The van der Waals surface area contributed by atoms with E-state index in [1.165, 1.54) is 24.7 Å². The van der Waals surface area contributed by atoms with Crippen molar-refractivity contribution in [2.24, 2.45) is 0 Å². The first kappa shape index (κ1) is 33.3. The molecule has 0 bridgehead atoms. The lowest BCUT2D eigenvalue weighted by Crippen LogP contribution is -2.64. The zero-order valence-electron chi connectivity index (χ0n) is 23.0. The summed E-state index contributed by atoms with van der Waals surface area (Å²) in [7, 11) is 0. The predicted molar refractivity (Wildman–Crippen MR) is 139 cm³/mol. The van der Waals surface area contributed by atoms with Gasteiger partial charge in [-0.3, -0.25) is 18.5 Å². The SMILES string of the molecule is CC1OC(O[C@H]2[C@H](O)C(O[C@@H]3C(O)[C@H](n4cnc5c(=O)[nH]c(N)nc54)O[C@@H]3COSOOO)OC(C)[C@@H]2O)[C@@H](O)[C@H](O)[C@H]1O. The van der Waals surface area contributed by atoms with E-state index < -0.39 is 91.5 Å². The number of hydrogen-bond donors (Lipinski definition) is 9. The molecule has 3 aliphatic heterocycles. The van der Waals surface area contributed by atoms with Crippen molar-refractivity contribution in [3.05, 3.63) is 16.7 Å². The lowest BCUT2D eigenvalue weighted by atomic mass is 9.97. The lowest BCUT2D eigenvalue weighted by Gasteiger charge is -2.46. The Morgan fingerprint density at radius 3 is 2.30 bits per heavy atom. The van der Waals surface area contributed by atoms with E-state index in [0.717, 1.165) is 0 Å². The van der Waals surface area contributed by atoms with Crippen LogP contribution in [0.1, 0.15) is 20.1 Å². The third-order valence-electron chi connectivity index (χ3n) is 7.55. The number of H-pyrrole nitrogens is 1. The highest BCUT2D eigenvalue weighted by molar-refractivity contribution is 7.89. The fourth-order valence-electron chi connectivity index (χ4n) is 5.21. The van der Waals surface area contributed by atoms with E-state index in [2.05, 4.69) is 24.3 Å². The average molecular weight is 656 g/mol. The van der Waals surface area contributed by atoms with Gasteiger partial charge in [0.1, 0.15) is 54.9 Å². The van der Waals surface area contributed by atoms with E-state index in [-0.39, 0.29) is 36.0 Å². The first-order valence-corrected chi connectivity index (χ1v) is 13.9. The first-order valence-electron chi connectivity index (χ1n) is 13.3. The standard InChI is InChI=1S/C22H33N5O16S/c1-5-9(28)11(30)12(31)20(37-5)41-16-10(29)6(2)38-21(14(16)33)40-15-7(3-36-44-43-42-35)39-19(13(15)32)27-4-24-8-17(27)25-22(23)26-18(8)34/h4-7,9-16,19-21,28-33,35H,3H2,1-2H3,(H3,23,25,26,34)/t5?,6?,7-,9+,10+,11-,12+,13?,14+,15+,16-,19-,20?,21?/m1/s1. The van der Waals surface area contributed by atoms with Crippen molar-refractivity contribution in [2.45, 2.75) is 99.8 Å². The molecule has 248 valence electrons. The highest BCUT2D eigenvalue weighted by atomic mass is 32.2. The summed E-state index contributed by atoms with van der Waals surface area (Å²) >= 11 is 0.224. The minimum Gasteiger partial charge on any atom is -0.388 e. The number of nitrogens with one attached hydrogen (secondary N) is 1. The number of nitrogens with two attached hydrogens (primary N) is 1. The fraction of sp³-hybridized carbons (Fsp3) is 0.773. The van der Waals surface area contributed by atoms with Crippen LogP contribution >= 0.6 is 12.3 Å². The highest BCUT2D eigenvalue weighted by Gasteiger charge is 2.53. The molecule has 2 aromatic rings. The molecule has 5 rings (SSSR count). The Bertz CT molecular complexity index is 1320. The summed E-state index contributed by atoms with van der Waals surface area (Å²) in [6.45, 7) is 2.51. The van der Waals surface area contributed by atoms with Gasteiger partial charge >= 0.3 is 0 Å². The van der Waals surface area contributed by atoms with Crippen LogP contribution in [0.25, 0.3) is 11.2 Å². The summed E-state index contributed by atoms with van der Waals surface area (Å²) in [5, 5.41) is 75.6. The second-order valence-corrected chi connectivity index (χ2v) is 10.9. The number of aromatic amines is 1. The number of rotatable bonds is 10. The second kappa shape index (κ2) is 13.7. The van der Waals surface area contributed by atoms with Gasteiger partial charge < -0.3 is 60.1 Å². The van der Waals surface area contributed by atoms with Gasteiger partial charge in [-0.05, 0) is 13.8 Å². The number of fused-ring (bicyclic) bond motifs is 1. The lowest BCUT2D eigenvalue weighted by molar-refractivity contribution is -0.434. The molecule has 0 spiro atoms. The molecule has 0 aliphatic carbocycles. The van der Waals surface area contributed by atoms with Gasteiger partial charge in [0.15, 0.2) is 42.3 Å².